The van der Waals surface area contributed by atoms with Crippen LogP contribution in [0, 0.1) is 0 Å². The molecule has 0 rings (SSSR count). The minimum atomic E-state index is -0.662. The molecule has 0 bridgehead atoms. The summed E-state index contributed by atoms with van der Waals surface area (Å²) in [4.78, 5) is 24.4. The van der Waals surface area contributed by atoms with Gasteiger partial charge in [0.05, 0.1) is 25.4 Å². The summed E-state index contributed by atoms with van der Waals surface area (Å²) < 4.78 is 5.48. The van der Waals surface area contributed by atoms with E-state index < -0.39 is 12.1 Å². The molecule has 2 atom stereocenters. The molecule has 0 aromatic carbocycles. The van der Waals surface area contributed by atoms with Gasteiger partial charge in [-0.2, -0.15) is 0 Å². The minimum absolute atomic E-state index is 0.0162. The van der Waals surface area contributed by atoms with Crippen LogP contribution in [-0.2, 0) is 14.3 Å². The summed E-state index contributed by atoms with van der Waals surface area (Å²) in [6, 6.07) is -0.540. The molecule has 0 aliphatic carbocycles. The summed E-state index contributed by atoms with van der Waals surface area (Å²) >= 11 is 0. The van der Waals surface area contributed by atoms with Gasteiger partial charge in [-0.25, -0.2) is 0 Å². The Labute approximate surface area is 412 Å². The Kier molecular flexibility index (Phi) is 55.0. The topological polar surface area (TPSA) is 95.9 Å². The second-order valence-electron chi connectivity index (χ2n) is 20.7. The smallest absolute Gasteiger partial charge is 0.305 e. The molecule has 392 valence electrons. The number of aliphatic hydroxyl groups is 2. The number of unbranched alkanes of at least 4 members (excludes halogenated alkanes) is 43. The number of esters is 1. The predicted molar refractivity (Wildman–Crippen MR) is 287 cm³/mol. The van der Waals surface area contributed by atoms with Gasteiger partial charge >= 0.3 is 5.97 Å². The van der Waals surface area contributed by atoms with E-state index in [-0.39, 0.29) is 18.5 Å². The molecule has 6 nitrogen and oxygen atoms in total. The molecule has 3 N–H and O–H groups in total. The Bertz CT molecular complexity index is 986. The lowest BCUT2D eigenvalue weighted by Crippen LogP contribution is -2.45. The second kappa shape index (κ2) is 56.2. The van der Waals surface area contributed by atoms with Crippen LogP contribution in [0.15, 0.2) is 12.2 Å². The summed E-state index contributed by atoms with van der Waals surface area (Å²) in [5.41, 5.74) is 0. The SMILES string of the molecule is CCCCCCCCCCCCCCCC(=O)OCCCCCCCCCCCCCC/C=C\CCCCCCCCCCCCC(=O)NC(CO)C(O)CCCCCCCCCCCC. The number of amides is 1. The summed E-state index contributed by atoms with van der Waals surface area (Å²) in [6.07, 6.45) is 66.5. The molecule has 0 heterocycles. The maximum absolute atomic E-state index is 12.4. The summed E-state index contributed by atoms with van der Waals surface area (Å²) in [6.45, 7) is 4.95. The van der Waals surface area contributed by atoms with Gasteiger partial charge in [0.15, 0.2) is 0 Å². The van der Waals surface area contributed by atoms with Crippen LogP contribution >= 0.6 is 0 Å². The van der Waals surface area contributed by atoms with Gasteiger partial charge in [0.2, 0.25) is 5.91 Å². The van der Waals surface area contributed by atoms with Gasteiger partial charge in [-0.05, 0) is 51.4 Å². The van der Waals surface area contributed by atoms with Crippen molar-refractivity contribution in [2.24, 2.45) is 0 Å². The number of aliphatic hydroxyl groups excluding tert-OH is 2. The van der Waals surface area contributed by atoms with Crippen LogP contribution in [0.25, 0.3) is 0 Å². The van der Waals surface area contributed by atoms with Crippen LogP contribution in [-0.4, -0.2) is 47.4 Å². The lowest BCUT2D eigenvalue weighted by Gasteiger charge is -2.22. The normalized spacial score (nSPS) is 12.6. The monoisotopic (exact) mass is 932 g/mol. The van der Waals surface area contributed by atoms with Crippen molar-refractivity contribution in [2.45, 2.75) is 347 Å². The number of ether oxygens (including phenoxy) is 1. The van der Waals surface area contributed by atoms with Gasteiger partial charge in [0.1, 0.15) is 0 Å². The van der Waals surface area contributed by atoms with E-state index in [0.29, 0.717) is 25.9 Å². The Morgan fingerprint density at radius 1 is 0.409 bits per heavy atom. The Morgan fingerprint density at radius 3 is 1.08 bits per heavy atom. The van der Waals surface area contributed by atoms with E-state index in [1.165, 1.54) is 263 Å². The highest BCUT2D eigenvalue weighted by Crippen LogP contribution is 2.17. The number of nitrogens with one attached hydrogen (secondary N) is 1. The maximum Gasteiger partial charge on any atom is 0.305 e. The highest BCUT2D eigenvalue weighted by Gasteiger charge is 2.20. The van der Waals surface area contributed by atoms with E-state index in [1.807, 2.05) is 0 Å². The highest BCUT2D eigenvalue weighted by atomic mass is 16.5. The molecule has 66 heavy (non-hydrogen) atoms. The standard InChI is InChI=1S/C60H117NO5/c1-3-5-7-9-11-13-15-30-34-38-42-46-50-54-60(65)66-55-51-47-43-39-35-32-29-27-25-23-21-19-17-16-18-20-22-24-26-28-31-33-37-41-45-49-53-59(64)61-57(56-62)58(63)52-48-44-40-36-14-12-10-8-6-4-2/h16,18,57-58,62-63H,3-15,17,19-56H2,1-2H3,(H,61,64)/b18-16-. The molecule has 0 saturated heterocycles. The predicted octanol–water partition coefficient (Wildman–Crippen LogP) is 18.5. The molecular formula is C60H117NO5. The molecule has 0 aromatic rings. The average Bonchev–Trinajstić information content (AvgIpc) is 3.32. The van der Waals surface area contributed by atoms with Gasteiger partial charge in [-0.3, -0.25) is 9.59 Å². The van der Waals surface area contributed by atoms with E-state index in [9.17, 15) is 19.8 Å². The van der Waals surface area contributed by atoms with Crippen molar-refractivity contribution in [3.05, 3.63) is 12.2 Å². The molecule has 0 fully saturated rings. The fourth-order valence-electron chi connectivity index (χ4n) is 9.46. The van der Waals surface area contributed by atoms with Gasteiger partial charge in [-0.1, -0.05) is 283 Å². The molecular weight excluding hydrogens is 815 g/mol. The first-order valence-electron chi connectivity index (χ1n) is 29.9. The molecule has 0 aromatic heterocycles. The van der Waals surface area contributed by atoms with Crippen molar-refractivity contribution >= 4 is 11.9 Å². The molecule has 2 unspecified atom stereocenters. The van der Waals surface area contributed by atoms with E-state index in [2.05, 4.69) is 31.3 Å². The number of carbonyl (C=O) groups is 2. The zero-order valence-electron chi connectivity index (χ0n) is 44.7. The molecule has 0 spiro atoms. The van der Waals surface area contributed by atoms with Gasteiger partial charge in [-0.15, -0.1) is 0 Å². The Balaban J connectivity index is 3.35. The molecule has 6 heteroatoms. The van der Waals surface area contributed by atoms with Gasteiger partial charge in [0, 0.05) is 12.8 Å². The van der Waals surface area contributed by atoms with Crippen LogP contribution in [0.1, 0.15) is 335 Å². The number of allylic oxidation sites excluding steroid dienone is 2. The second-order valence-corrected chi connectivity index (χ2v) is 20.7. The lowest BCUT2D eigenvalue weighted by molar-refractivity contribution is -0.143. The Hall–Kier alpha value is -1.40. The van der Waals surface area contributed by atoms with Crippen molar-refractivity contribution in [1.29, 1.82) is 0 Å². The summed E-state index contributed by atoms with van der Waals surface area (Å²) in [5, 5.41) is 23.1. The van der Waals surface area contributed by atoms with Crippen LogP contribution < -0.4 is 5.32 Å². The first-order chi connectivity index (χ1) is 32.5. The van der Waals surface area contributed by atoms with Crippen LogP contribution in [0.2, 0.25) is 0 Å². The quantitative estimate of drug-likeness (QED) is 0.0321. The minimum Gasteiger partial charge on any atom is -0.466 e. The van der Waals surface area contributed by atoms with Crippen LogP contribution in [0.5, 0.6) is 0 Å². The number of hydrogen-bond acceptors (Lipinski definition) is 5. The molecule has 0 aliphatic rings. The van der Waals surface area contributed by atoms with Crippen molar-refractivity contribution in [3.8, 4) is 0 Å². The van der Waals surface area contributed by atoms with Gasteiger partial charge < -0.3 is 20.3 Å². The third-order valence-corrected chi connectivity index (χ3v) is 14.1. The van der Waals surface area contributed by atoms with E-state index in [1.54, 1.807) is 0 Å². The molecule has 0 aliphatic heterocycles. The first-order valence-corrected chi connectivity index (χ1v) is 29.9. The molecule has 0 saturated carbocycles. The number of hydrogen-bond donors (Lipinski definition) is 3. The zero-order valence-corrected chi connectivity index (χ0v) is 44.7. The molecule has 0 radical (unpaired) electrons. The van der Waals surface area contributed by atoms with Crippen LogP contribution in [0.3, 0.4) is 0 Å². The third-order valence-electron chi connectivity index (χ3n) is 14.1. The van der Waals surface area contributed by atoms with Crippen molar-refractivity contribution in [2.75, 3.05) is 13.2 Å². The molecule has 1 amide bonds. The van der Waals surface area contributed by atoms with Crippen molar-refractivity contribution in [3.63, 3.8) is 0 Å². The highest BCUT2D eigenvalue weighted by molar-refractivity contribution is 5.76. The zero-order chi connectivity index (χ0) is 47.9. The summed E-state index contributed by atoms with van der Waals surface area (Å²) in [7, 11) is 0. The average molecular weight is 933 g/mol. The van der Waals surface area contributed by atoms with E-state index in [0.717, 1.165) is 38.5 Å². The van der Waals surface area contributed by atoms with Gasteiger partial charge in [0.25, 0.3) is 0 Å². The first kappa shape index (κ1) is 64.6. The Morgan fingerprint density at radius 2 is 0.712 bits per heavy atom. The summed E-state index contributed by atoms with van der Waals surface area (Å²) in [5.74, 6) is -0.0211. The third kappa shape index (κ3) is 52.0. The van der Waals surface area contributed by atoms with Crippen molar-refractivity contribution in [1.82, 2.24) is 5.32 Å². The maximum atomic E-state index is 12.4. The largest absolute Gasteiger partial charge is 0.466 e. The van der Waals surface area contributed by atoms with E-state index in [4.69, 9.17) is 4.74 Å². The fraction of sp³-hybridized carbons (Fsp3) is 0.933. The van der Waals surface area contributed by atoms with E-state index >= 15 is 0 Å². The van der Waals surface area contributed by atoms with Crippen LogP contribution in [0.4, 0.5) is 0 Å². The number of carbonyl (C=O) groups excluding carboxylic acids is 2. The van der Waals surface area contributed by atoms with Crippen molar-refractivity contribution < 1.29 is 24.5 Å². The fourth-order valence-corrected chi connectivity index (χ4v) is 9.46. The number of rotatable bonds is 56. The lowest BCUT2D eigenvalue weighted by atomic mass is 10.0.